The molecule has 2 heterocycles. The minimum Gasteiger partial charge on any atom is -0.508 e. The number of H-pyrrole nitrogens is 1. The Labute approximate surface area is 406 Å². The minimum absolute atomic E-state index is 0.0491. The van der Waals surface area contributed by atoms with Crippen molar-refractivity contribution in [3.63, 3.8) is 0 Å². The van der Waals surface area contributed by atoms with Crippen LogP contribution in [0.25, 0.3) is 0 Å². The molecule has 1 aliphatic rings. The molecule has 25 heteroatoms. The first-order valence-electron chi connectivity index (χ1n) is 22.0. The molecule has 69 heavy (non-hydrogen) atoms. The Balaban J connectivity index is 1.74. The fourth-order valence-electron chi connectivity index (χ4n) is 6.87. The van der Waals surface area contributed by atoms with E-state index in [1.165, 1.54) is 24.7 Å². The molecule has 0 unspecified atom stereocenters. The molecule has 0 aliphatic carbocycles. The molecular formula is C44H61N13O10S2. The fraction of sp³-hybridized carbons (Fsp3) is 0.455. The molecule has 2 aromatic carbocycles. The summed E-state index contributed by atoms with van der Waals surface area (Å²) >= 11 is 0. The van der Waals surface area contributed by atoms with Crippen LogP contribution >= 0.6 is 21.6 Å². The number of carbonyl (C=O) groups excluding carboxylic acids is 7. The zero-order valence-electron chi connectivity index (χ0n) is 38.4. The number of rotatable bonds is 19. The highest BCUT2D eigenvalue weighted by atomic mass is 33.1. The van der Waals surface area contributed by atoms with Crippen LogP contribution in [0.15, 0.2) is 72.1 Å². The van der Waals surface area contributed by atoms with Crippen molar-refractivity contribution in [1.29, 1.82) is 0 Å². The highest BCUT2D eigenvalue weighted by Crippen LogP contribution is 2.24. The van der Waals surface area contributed by atoms with Gasteiger partial charge in [0, 0.05) is 49.2 Å². The van der Waals surface area contributed by atoms with E-state index >= 15 is 0 Å². The number of benzene rings is 2. The molecule has 4 rings (SSSR count). The second-order valence-electron chi connectivity index (χ2n) is 16.4. The summed E-state index contributed by atoms with van der Waals surface area (Å²) in [6.45, 7) is 3.30. The van der Waals surface area contributed by atoms with E-state index in [9.17, 15) is 48.6 Å². The third kappa shape index (κ3) is 18.6. The van der Waals surface area contributed by atoms with E-state index in [2.05, 4.69) is 57.5 Å². The number of nitrogens with one attached hydrogen (secondary N) is 9. The van der Waals surface area contributed by atoms with Gasteiger partial charge in [-0.05, 0) is 49.1 Å². The molecular weight excluding hydrogens is 935 g/mol. The SMILES string of the molecule is CNCC(=O)N[C@@H](CCCN=C(N)N)C(=O)N[C@H]1CSSC[C@H](C(=O)N[C@H](Cc2ccccc2)C(=O)O)NC(=O)[C@H](Cc2cnc[nH]2)NC(=O)[C@H](C(C)C)NC(=O)[C@H](Cc2ccc(O)cc2)NC1=O. The maximum absolute atomic E-state index is 14.4. The van der Waals surface area contributed by atoms with Crippen LogP contribution in [-0.2, 0) is 57.6 Å². The summed E-state index contributed by atoms with van der Waals surface area (Å²) in [7, 11) is 3.56. The molecule has 374 valence electrons. The monoisotopic (exact) mass is 995 g/mol. The first kappa shape index (κ1) is 54.7. The van der Waals surface area contributed by atoms with Gasteiger partial charge in [-0.3, -0.25) is 38.6 Å². The molecule has 0 spiro atoms. The predicted molar refractivity (Wildman–Crippen MR) is 259 cm³/mol. The third-order valence-corrected chi connectivity index (χ3v) is 12.9. The Bertz CT molecular complexity index is 2230. The lowest BCUT2D eigenvalue weighted by Gasteiger charge is -2.28. The van der Waals surface area contributed by atoms with Crippen LogP contribution in [0.1, 0.15) is 43.5 Å². The lowest BCUT2D eigenvalue weighted by atomic mass is 9.99. The summed E-state index contributed by atoms with van der Waals surface area (Å²) < 4.78 is 0. The Morgan fingerprint density at radius 1 is 0.826 bits per heavy atom. The number of imidazole rings is 1. The number of hydrogen-bond acceptors (Lipinski definition) is 14. The number of aromatic nitrogens is 2. The number of aliphatic imine (C=N–C) groups is 1. The second kappa shape index (κ2) is 27.8. The van der Waals surface area contributed by atoms with Crippen molar-refractivity contribution < 1.29 is 48.6 Å². The van der Waals surface area contributed by atoms with Gasteiger partial charge in [0.25, 0.3) is 0 Å². The summed E-state index contributed by atoms with van der Waals surface area (Å²) in [5.74, 6) is -7.94. The van der Waals surface area contributed by atoms with Gasteiger partial charge in [0.1, 0.15) is 48.0 Å². The fourth-order valence-corrected chi connectivity index (χ4v) is 9.20. The lowest BCUT2D eigenvalue weighted by Crippen LogP contribution is -2.61. The summed E-state index contributed by atoms with van der Waals surface area (Å²) in [4.78, 5) is 121. The van der Waals surface area contributed by atoms with Crippen LogP contribution in [0.5, 0.6) is 5.75 Å². The van der Waals surface area contributed by atoms with E-state index in [1.54, 1.807) is 63.4 Å². The van der Waals surface area contributed by atoms with Gasteiger partial charge in [0.05, 0.1) is 12.9 Å². The number of carbonyl (C=O) groups is 8. The summed E-state index contributed by atoms with van der Waals surface area (Å²) in [5, 5.41) is 41.5. The van der Waals surface area contributed by atoms with Crippen LogP contribution in [-0.4, -0.2) is 147 Å². The normalized spacial score (nSPS) is 20.4. The number of aromatic hydroxyl groups is 1. The number of carboxylic acids is 1. The van der Waals surface area contributed by atoms with Crippen molar-refractivity contribution in [3.05, 3.63) is 83.9 Å². The van der Waals surface area contributed by atoms with E-state index in [1.807, 2.05) is 0 Å². The standard InChI is InChI=1S/C44H61N13O10S2/c1-24(2)36-42(65)53-31(18-27-19-48-23-50-27)38(61)56-34(41(64)54-32(43(66)67)17-25-8-5-4-6-9-25)22-69-68-21-33(40(63)52-30(39(62)57-36)16-26-11-13-28(58)14-12-26)55-37(60)29(51-35(59)20-47-3)10-7-15-49-44(45)46/h4-6,8-9,11-14,19,23-24,29-34,36,47,58H,7,10,15-18,20-22H2,1-3H3,(H,48,50)(H,51,59)(H,52,63)(H,53,65)(H,54,64)(H,55,60)(H,56,61)(H,57,62)(H,66,67)(H4,45,46,49)/t29-,30-,31-,32+,33-,34+,36-/m0/s1. The van der Waals surface area contributed by atoms with Crippen molar-refractivity contribution >= 4 is 74.9 Å². The Hall–Kier alpha value is -6.86. The number of nitrogens with zero attached hydrogens (tertiary/aromatic N) is 2. The molecule has 7 amide bonds. The van der Waals surface area contributed by atoms with Gasteiger partial charge < -0.3 is 69.2 Å². The quantitative estimate of drug-likeness (QED) is 0.0266. The van der Waals surface area contributed by atoms with Crippen molar-refractivity contribution in [1.82, 2.24) is 52.5 Å². The van der Waals surface area contributed by atoms with Crippen LogP contribution in [0.2, 0.25) is 0 Å². The van der Waals surface area contributed by atoms with Gasteiger partial charge >= 0.3 is 5.97 Å². The highest BCUT2D eigenvalue weighted by Gasteiger charge is 2.36. The molecule has 0 saturated carbocycles. The number of guanidine groups is 1. The van der Waals surface area contributed by atoms with Crippen molar-refractivity contribution in [3.8, 4) is 5.75 Å². The number of likely N-dealkylation sites (N-methyl/N-ethyl adjacent to an activating group) is 1. The molecule has 3 aromatic rings. The van der Waals surface area contributed by atoms with Crippen LogP contribution < -0.4 is 54.0 Å². The minimum atomic E-state index is -1.42. The largest absolute Gasteiger partial charge is 0.508 e. The first-order valence-corrected chi connectivity index (χ1v) is 24.5. The molecule has 7 atom stereocenters. The smallest absolute Gasteiger partial charge is 0.326 e. The van der Waals surface area contributed by atoms with Crippen LogP contribution in [0.3, 0.4) is 0 Å². The Kier molecular flexibility index (Phi) is 22.1. The van der Waals surface area contributed by atoms with E-state index in [0.717, 1.165) is 21.6 Å². The summed E-state index contributed by atoms with van der Waals surface area (Å²) in [6, 6.07) is 5.06. The van der Waals surface area contributed by atoms with Gasteiger partial charge in [-0.2, -0.15) is 0 Å². The number of aliphatic carboxylic acids is 1. The maximum Gasteiger partial charge on any atom is 0.326 e. The van der Waals surface area contributed by atoms with Crippen molar-refractivity contribution in [2.45, 2.75) is 88.2 Å². The third-order valence-electron chi connectivity index (χ3n) is 10.5. The molecule has 1 saturated heterocycles. The van der Waals surface area contributed by atoms with Crippen molar-refractivity contribution in [2.75, 3.05) is 31.6 Å². The average Bonchev–Trinajstić information content (AvgIpc) is 3.82. The number of hydrogen-bond donors (Lipinski definition) is 13. The highest BCUT2D eigenvalue weighted by molar-refractivity contribution is 8.76. The number of amides is 7. The second-order valence-corrected chi connectivity index (χ2v) is 18.9. The maximum atomic E-state index is 14.4. The molecule has 0 radical (unpaired) electrons. The average molecular weight is 996 g/mol. The van der Waals surface area contributed by atoms with Gasteiger partial charge in [-0.1, -0.05) is 77.9 Å². The zero-order chi connectivity index (χ0) is 50.5. The van der Waals surface area contributed by atoms with E-state index in [0.29, 0.717) is 16.8 Å². The number of nitrogens with two attached hydrogens (primary N) is 2. The summed E-state index contributed by atoms with van der Waals surface area (Å²) in [5.41, 5.74) is 12.5. The van der Waals surface area contributed by atoms with Crippen LogP contribution in [0.4, 0.5) is 0 Å². The van der Waals surface area contributed by atoms with Gasteiger partial charge in [0.15, 0.2) is 5.96 Å². The predicted octanol–water partition coefficient (Wildman–Crippen LogP) is -2.05. The number of phenols is 1. The van der Waals surface area contributed by atoms with Gasteiger partial charge in [0.2, 0.25) is 41.4 Å². The van der Waals surface area contributed by atoms with Gasteiger partial charge in [-0.25, -0.2) is 9.78 Å². The Morgan fingerprint density at radius 3 is 2.13 bits per heavy atom. The topological polar surface area (TPSA) is 366 Å². The Morgan fingerprint density at radius 2 is 1.49 bits per heavy atom. The van der Waals surface area contributed by atoms with Crippen LogP contribution in [0, 0.1) is 5.92 Å². The number of carboxylic acid groups (broad SMARTS) is 1. The molecule has 23 nitrogen and oxygen atoms in total. The van der Waals surface area contributed by atoms with E-state index < -0.39 is 95.5 Å². The molecule has 1 aromatic heterocycles. The first-order chi connectivity index (χ1) is 32.9. The molecule has 1 fully saturated rings. The zero-order valence-corrected chi connectivity index (χ0v) is 40.0. The van der Waals surface area contributed by atoms with Crippen molar-refractivity contribution in [2.24, 2.45) is 22.4 Å². The summed E-state index contributed by atoms with van der Waals surface area (Å²) in [6.07, 6.45) is 2.77. The molecule has 0 bridgehead atoms. The number of aromatic amines is 1. The van der Waals surface area contributed by atoms with E-state index in [4.69, 9.17) is 11.5 Å². The molecule has 1 aliphatic heterocycles. The van der Waals surface area contributed by atoms with E-state index in [-0.39, 0.29) is 68.4 Å². The van der Waals surface area contributed by atoms with Gasteiger partial charge in [-0.15, -0.1) is 0 Å². The lowest BCUT2D eigenvalue weighted by molar-refractivity contribution is -0.142. The number of phenolic OH excluding ortho intramolecular Hbond substituents is 1. The molecule has 15 N–H and O–H groups in total.